The van der Waals surface area contributed by atoms with E-state index in [-0.39, 0.29) is 11.7 Å². The van der Waals surface area contributed by atoms with Gasteiger partial charge in [0.05, 0.1) is 13.1 Å². The van der Waals surface area contributed by atoms with Gasteiger partial charge in [-0.15, -0.1) is 0 Å². The molecule has 1 aromatic rings. The van der Waals surface area contributed by atoms with E-state index in [1.165, 1.54) is 25.0 Å². The van der Waals surface area contributed by atoms with E-state index in [0.717, 1.165) is 26.1 Å². The first-order valence-electron chi connectivity index (χ1n) is 9.29. The molecule has 2 unspecified atom stereocenters. The highest BCUT2D eigenvalue weighted by atomic mass is 19.1. The molecule has 1 N–H and O–H groups in total. The Morgan fingerprint density at radius 2 is 2.16 bits per heavy atom. The summed E-state index contributed by atoms with van der Waals surface area (Å²) in [5, 5.41) is 2.92. The fourth-order valence-electron chi connectivity index (χ4n) is 3.93. The fraction of sp³-hybridized carbons (Fsp3) is 0.632. The molecule has 6 heteroatoms. The summed E-state index contributed by atoms with van der Waals surface area (Å²) in [6.07, 6.45) is 3.55. The van der Waals surface area contributed by atoms with Crippen molar-refractivity contribution < 1.29 is 13.9 Å². The van der Waals surface area contributed by atoms with E-state index in [2.05, 4.69) is 22.0 Å². The third kappa shape index (κ3) is 4.92. The lowest BCUT2D eigenvalue weighted by molar-refractivity contribution is -0.123. The van der Waals surface area contributed by atoms with E-state index < -0.39 is 0 Å². The minimum absolute atomic E-state index is 0.0460. The molecule has 2 aliphatic rings. The third-order valence-corrected chi connectivity index (χ3v) is 5.28. The van der Waals surface area contributed by atoms with Gasteiger partial charge >= 0.3 is 0 Å². The highest BCUT2D eigenvalue weighted by Crippen LogP contribution is 2.29. The monoisotopic (exact) mass is 349 g/mol. The largest absolute Gasteiger partial charge is 0.492 e. The van der Waals surface area contributed by atoms with Gasteiger partial charge in [0.2, 0.25) is 5.91 Å². The predicted molar refractivity (Wildman–Crippen MR) is 95.2 cm³/mol. The average molecular weight is 349 g/mol. The fourth-order valence-corrected chi connectivity index (χ4v) is 3.93. The number of fused-ring (bicyclic) bond motifs is 2. The zero-order chi connectivity index (χ0) is 17.6. The zero-order valence-corrected chi connectivity index (χ0v) is 14.9. The molecule has 2 bridgehead atoms. The normalized spacial score (nSPS) is 24.1. The van der Waals surface area contributed by atoms with Gasteiger partial charge in [-0.25, -0.2) is 4.39 Å². The lowest BCUT2D eigenvalue weighted by Crippen LogP contribution is -2.45. The number of rotatable bonds is 7. The van der Waals surface area contributed by atoms with Gasteiger partial charge in [-0.2, -0.15) is 0 Å². The SMILES string of the molecule is CCN1CCC2CCC(C1)N2CC(=O)NCCOc1cccc(F)c1. The van der Waals surface area contributed by atoms with E-state index in [1.807, 2.05) is 0 Å². The summed E-state index contributed by atoms with van der Waals surface area (Å²) in [5.74, 6) is 0.212. The first-order valence-corrected chi connectivity index (χ1v) is 9.29. The number of ether oxygens (including phenoxy) is 1. The molecule has 138 valence electrons. The second-order valence-corrected chi connectivity index (χ2v) is 6.90. The standard InChI is InChI=1S/C19H28FN3O2/c1-2-22-10-8-16-6-7-17(13-22)23(16)14-19(24)21-9-11-25-18-5-3-4-15(20)12-18/h3-5,12,16-17H,2,6-11,13-14H2,1H3,(H,21,24). The van der Waals surface area contributed by atoms with Crippen LogP contribution in [0.3, 0.4) is 0 Å². The molecule has 0 saturated carbocycles. The van der Waals surface area contributed by atoms with Gasteiger partial charge in [-0.05, 0) is 44.5 Å². The quantitative estimate of drug-likeness (QED) is 0.764. The number of carbonyl (C=O) groups excluding carboxylic acids is 1. The molecule has 2 atom stereocenters. The molecule has 25 heavy (non-hydrogen) atoms. The summed E-state index contributed by atoms with van der Waals surface area (Å²) in [5.41, 5.74) is 0. The van der Waals surface area contributed by atoms with Crippen LogP contribution in [0.5, 0.6) is 5.75 Å². The smallest absolute Gasteiger partial charge is 0.234 e. The number of likely N-dealkylation sites (N-methyl/N-ethyl adjacent to an activating group) is 1. The molecule has 5 nitrogen and oxygen atoms in total. The molecule has 2 fully saturated rings. The van der Waals surface area contributed by atoms with Crippen molar-refractivity contribution >= 4 is 5.91 Å². The Morgan fingerprint density at radius 1 is 1.32 bits per heavy atom. The Labute approximate surface area is 149 Å². The van der Waals surface area contributed by atoms with Crippen LogP contribution in [0.4, 0.5) is 4.39 Å². The Bertz CT molecular complexity index is 584. The number of halogens is 1. The maximum Gasteiger partial charge on any atom is 0.234 e. The summed E-state index contributed by atoms with van der Waals surface area (Å²) in [6, 6.07) is 7.08. The van der Waals surface area contributed by atoms with Crippen molar-refractivity contribution in [1.29, 1.82) is 0 Å². The lowest BCUT2D eigenvalue weighted by Gasteiger charge is -2.27. The summed E-state index contributed by atoms with van der Waals surface area (Å²) >= 11 is 0. The number of hydrogen-bond acceptors (Lipinski definition) is 4. The van der Waals surface area contributed by atoms with Crippen LogP contribution in [0.2, 0.25) is 0 Å². The van der Waals surface area contributed by atoms with Crippen LogP contribution in [-0.2, 0) is 4.79 Å². The van der Waals surface area contributed by atoms with Crippen molar-refractivity contribution in [3.8, 4) is 5.75 Å². The van der Waals surface area contributed by atoms with Crippen LogP contribution in [-0.4, -0.2) is 67.1 Å². The number of nitrogens with zero attached hydrogens (tertiary/aromatic N) is 2. The molecular formula is C19H28FN3O2. The van der Waals surface area contributed by atoms with Gasteiger partial charge in [0, 0.05) is 24.7 Å². The Balaban J connectivity index is 1.40. The first kappa shape index (κ1) is 18.1. The molecular weight excluding hydrogens is 321 g/mol. The maximum absolute atomic E-state index is 13.1. The second-order valence-electron chi connectivity index (χ2n) is 6.90. The minimum Gasteiger partial charge on any atom is -0.492 e. The average Bonchev–Trinajstić information content (AvgIpc) is 2.86. The highest BCUT2D eigenvalue weighted by Gasteiger charge is 2.37. The van der Waals surface area contributed by atoms with E-state index >= 15 is 0 Å². The van der Waals surface area contributed by atoms with Gasteiger partial charge in [0.25, 0.3) is 0 Å². The molecule has 0 spiro atoms. The first-order chi connectivity index (χ1) is 12.2. The number of hydrogen-bond donors (Lipinski definition) is 1. The van der Waals surface area contributed by atoms with Gasteiger partial charge in [-0.1, -0.05) is 13.0 Å². The summed E-state index contributed by atoms with van der Waals surface area (Å²) in [4.78, 5) is 17.2. The summed E-state index contributed by atoms with van der Waals surface area (Å²) in [7, 11) is 0. The topological polar surface area (TPSA) is 44.8 Å². The van der Waals surface area contributed by atoms with Gasteiger partial charge in [0.1, 0.15) is 18.2 Å². The van der Waals surface area contributed by atoms with Crippen LogP contribution >= 0.6 is 0 Å². The van der Waals surface area contributed by atoms with Crippen molar-refractivity contribution in [2.75, 3.05) is 39.3 Å². The van der Waals surface area contributed by atoms with Crippen LogP contribution in [0, 0.1) is 5.82 Å². The molecule has 2 aliphatic heterocycles. The van der Waals surface area contributed by atoms with Gasteiger partial charge < -0.3 is 15.0 Å². The number of amides is 1. The van der Waals surface area contributed by atoms with E-state index in [0.29, 0.717) is 37.5 Å². The van der Waals surface area contributed by atoms with Crippen LogP contribution < -0.4 is 10.1 Å². The lowest BCUT2D eigenvalue weighted by atomic mass is 10.1. The van der Waals surface area contributed by atoms with Crippen molar-refractivity contribution in [2.24, 2.45) is 0 Å². The zero-order valence-electron chi connectivity index (χ0n) is 14.9. The Kier molecular flexibility index (Phi) is 6.26. The maximum atomic E-state index is 13.1. The van der Waals surface area contributed by atoms with Crippen molar-refractivity contribution in [3.63, 3.8) is 0 Å². The summed E-state index contributed by atoms with van der Waals surface area (Å²) in [6.45, 7) is 6.73. The predicted octanol–water partition coefficient (Wildman–Crippen LogP) is 1.88. The van der Waals surface area contributed by atoms with E-state index in [4.69, 9.17) is 4.74 Å². The minimum atomic E-state index is -0.320. The molecule has 0 aliphatic carbocycles. The second kappa shape index (κ2) is 8.63. The van der Waals surface area contributed by atoms with Gasteiger partial charge in [0.15, 0.2) is 0 Å². The molecule has 2 heterocycles. The van der Waals surface area contributed by atoms with E-state index in [1.54, 1.807) is 12.1 Å². The Hall–Kier alpha value is -1.66. The molecule has 0 aromatic heterocycles. The van der Waals surface area contributed by atoms with Gasteiger partial charge in [-0.3, -0.25) is 9.69 Å². The number of benzene rings is 1. The van der Waals surface area contributed by atoms with Crippen molar-refractivity contribution in [1.82, 2.24) is 15.1 Å². The van der Waals surface area contributed by atoms with Crippen LogP contribution in [0.1, 0.15) is 26.2 Å². The molecule has 3 rings (SSSR count). The molecule has 1 amide bonds. The van der Waals surface area contributed by atoms with Crippen LogP contribution in [0.15, 0.2) is 24.3 Å². The number of likely N-dealkylation sites (tertiary alicyclic amines) is 1. The molecule has 1 aromatic carbocycles. The molecule has 2 saturated heterocycles. The highest BCUT2D eigenvalue weighted by molar-refractivity contribution is 5.78. The summed E-state index contributed by atoms with van der Waals surface area (Å²) < 4.78 is 18.5. The number of nitrogens with one attached hydrogen (secondary N) is 1. The van der Waals surface area contributed by atoms with Crippen molar-refractivity contribution in [3.05, 3.63) is 30.1 Å². The Morgan fingerprint density at radius 3 is 2.96 bits per heavy atom. The van der Waals surface area contributed by atoms with Crippen molar-refractivity contribution in [2.45, 2.75) is 38.3 Å². The molecule has 0 radical (unpaired) electrons. The van der Waals surface area contributed by atoms with E-state index in [9.17, 15) is 9.18 Å². The third-order valence-electron chi connectivity index (χ3n) is 5.28. The van der Waals surface area contributed by atoms with Crippen LogP contribution in [0.25, 0.3) is 0 Å². The number of carbonyl (C=O) groups is 1.